The van der Waals surface area contributed by atoms with E-state index in [1.165, 1.54) is 7.11 Å². The molecule has 192 valence electrons. The maximum absolute atomic E-state index is 13.9. The number of anilines is 1. The summed E-state index contributed by atoms with van der Waals surface area (Å²) in [4.78, 5) is 34.3. The quantitative estimate of drug-likeness (QED) is 0.606. The first-order chi connectivity index (χ1) is 16.3. The van der Waals surface area contributed by atoms with Crippen LogP contribution in [0.25, 0.3) is 0 Å². The lowest BCUT2D eigenvalue weighted by atomic mass is 9.47. The molecule has 35 heavy (non-hydrogen) atoms. The molecule has 4 aliphatic carbocycles. The summed E-state index contributed by atoms with van der Waals surface area (Å²) in [6.07, 6.45) is 0.205. The number of carbonyl (C=O) groups excluding carboxylic acids is 2. The first kappa shape index (κ1) is 24.3. The number of methoxy groups -OCH3 is 1. The van der Waals surface area contributed by atoms with Crippen LogP contribution < -0.4 is 5.32 Å². The van der Waals surface area contributed by atoms with Crippen LogP contribution >= 0.6 is 0 Å². The Bertz CT molecular complexity index is 1140. The monoisotopic (exact) mass is 516 g/mol. The minimum absolute atomic E-state index is 0.181. The van der Waals surface area contributed by atoms with Gasteiger partial charge in [-0.05, 0) is 50.4 Å². The molecular weight excluding hydrogens is 489 g/mol. The number of nitrogens with one attached hydrogen (secondary N) is 1. The molecule has 1 saturated heterocycles. The predicted octanol–water partition coefficient (Wildman–Crippen LogP) is 2.29. The summed E-state index contributed by atoms with van der Waals surface area (Å²) in [6.45, 7) is -0.361. The van der Waals surface area contributed by atoms with Crippen LogP contribution in [0.15, 0.2) is 6.20 Å². The largest absolute Gasteiger partial charge is 0.469 e. The molecule has 1 amide bonds. The van der Waals surface area contributed by atoms with E-state index in [1.54, 1.807) is 0 Å². The van der Waals surface area contributed by atoms with Crippen LogP contribution in [0.1, 0.15) is 54.6 Å². The van der Waals surface area contributed by atoms with Gasteiger partial charge < -0.3 is 15.0 Å². The van der Waals surface area contributed by atoms with Crippen LogP contribution in [-0.2, 0) is 25.5 Å². The number of nitrogens with zero attached hydrogens (tertiary/aromatic N) is 3. The van der Waals surface area contributed by atoms with Crippen molar-refractivity contribution in [1.82, 2.24) is 14.9 Å². The van der Waals surface area contributed by atoms with Gasteiger partial charge in [-0.25, -0.2) is 18.4 Å². The number of hydrogen-bond donors (Lipinski definition) is 1. The predicted molar refractivity (Wildman–Crippen MR) is 117 cm³/mol. The summed E-state index contributed by atoms with van der Waals surface area (Å²) >= 11 is 0. The molecule has 1 N–H and O–H groups in total. The summed E-state index contributed by atoms with van der Waals surface area (Å²) < 4.78 is 70.2. The number of halogens is 3. The Morgan fingerprint density at radius 2 is 1.77 bits per heavy atom. The molecule has 9 nitrogen and oxygen atoms in total. The zero-order chi connectivity index (χ0) is 25.2. The van der Waals surface area contributed by atoms with E-state index < -0.39 is 44.1 Å². The number of esters is 1. The van der Waals surface area contributed by atoms with Crippen molar-refractivity contribution in [2.45, 2.75) is 50.2 Å². The van der Waals surface area contributed by atoms with Gasteiger partial charge in [-0.2, -0.15) is 13.2 Å². The second-order valence-electron chi connectivity index (χ2n) is 10.5. The summed E-state index contributed by atoms with van der Waals surface area (Å²) in [7, 11) is -1.95. The number of aromatic nitrogens is 2. The van der Waals surface area contributed by atoms with E-state index in [1.807, 2.05) is 0 Å². The van der Waals surface area contributed by atoms with Crippen LogP contribution in [0.2, 0.25) is 0 Å². The van der Waals surface area contributed by atoms with Gasteiger partial charge in [0.1, 0.15) is 0 Å². The summed E-state index contributed by atoms with van der Waals surface area (Å²) in [6, 6.07) is 0. The van der Waals surface area contributed by atoms with Crippen molar-refractivity contribution in [2.75, 3.05) is 37.0 Å². The van der Waals surface area contributed by atoms with E-state index in [2.05, 4.69) is 15.3 Å². The minimum Gasteiger partial charge on any atom is -0.469 e. The summed E-state index contributed by atoms with van der Waals surface area (Å²) in [5.41, 5.74) is -3.34. The standard InChI is InChI=1S/C22H27F3N4O5S/c1-34-18(31)20-7-13-6-14(8-20)10-21(9-13,12-20)28-19-26-11-15(16(27-19)22(23,24)25)17(30)29-2-4-35(32,33)5-3-29/h11,13-14H,2-10,12H2,1H3,(H,26,27,28). The van der Waals surface area contributed by atoms with Crippen LogP contribution in [0.4, 0.5) is 19.1 Å². The Hall–Kier alpha value is -2.44. The SMILES string of the molecule is COC(=O)C12CC3CC(CC(Nc4ncc(C(=O)N5CCS(=O)(=O)CC5)c(C(F)(F)F)n4)(C3)C1)C2. The molecule has 2 heterocycles. The number of amides is 1. The van der Waals surface area contributed by atoms with Gasteiger partial charge in [-0.15, -0.1) is 0 Å². The van der Waals surface area contributed by atoms with E-state index in [0.29, 0.717) is 32.1 Å². The lowest BCUT2D eigenvalue weighted by molar-refractivity contribution is -0.169. The van der Waals surface area contributed by atoms with E-state index in [-0.39, 0.29) is 48.3 Å². The molecule has 2 atom stereocenters. The van der Waals surface area contributed by atoms with Gasteiger partial charge >= 0.3 is 12.1 Å². The lowest BCUT2D eigenvalue weighted by Gasteiger charge is -2.60. The zero-order valence-electron chi connectivity index (χ0n) is 19.2. The van der Waals surface area contributed by atoms with Gasteiger partial charge in [0.15, 0.2) is 15.5 Å². The molecule has 4 saturated carbocycles. The highest BCUT2D eigenvalue weighted by Gasteiger charge is 2.61. The first-order valence-electron chi connectivity index (χ1n) is 11.6. The van der Waals surface area contributed by atoms with Gasteiger partial charge in [0.25, 0.3) is 5.91 Å². The molecular formula is C22H27F3N4O5S. The second kappa shape index (κ2) is 8.04. The minimum atomic E-state index is -4.92. The highest BCUT2D eigenvalue weighted by molar-refractivity contribution is 7.91. The third-order valence-electron chi connectivity index (χ3n) is 7.98. The van der Waals surface area contributed by atoms with Gasteiger partial charge in [0.2, 0.25) is 5.95 Å². The van der Waals surface area contributed by atoms with E-state index in [9.17, 15) is 31.2 Å². The van der Waals surface area contributed by atoms with Crippen molar-refractivity contribution in [3.63, 3.8) is 0 Å². The molecule has 1 aromatic rings. The van der Waals surface area contributed by atoms with E-state index in [0.717, 1.165) is 17.5 Å². The number of alkyl halides is 3. The average Bonchev–Trinajstić information content (AvgIpc) is 2.76. The number of rotatable bonds is 4. The van der Waals surface area contributed by atoms with Gasteiger partial charge in [0.05, 0.1) is 29.6 Å². The van der Waals surface area contributed by atoms with Crippen molar-refractivity contribution < 1.29 is 35.9 Å². The van der Waals surface area contributed by atoms with E-state index in [4.69, 9.17) is 4.74 Å². The fourth-order valence-corrected chi connectivity index (χ4v) is 8.20. The Labute approximate surface area is 200 Å². The molecule has 2 unspecified atom stereocenters. The molecule has 6 rings (SSSR count). The normalized spacial score (nSPS) is 33.4. The maximum Gasteiger partial charge on any atom is 0.434 e. The Kier molecular flexibility index (Phi) is 5.57. The van der Waals surface area contributed by atoms with Gasteiger partial charge in [0, 0.05) is 24.8 Å². The number of carbonyl (C=O) groups is 2. The second-order valence-corrected chi connectivity index (χ2v) is 12.8. The summed E-state index contributed by atoms with van der Waals surface area (Å²) in [5, 5.41) is 3.13. The van der Waals surface area contributed by atoms with Crippen molar-refractivity contribution in [2.24, 2.45) is 17.3 Å². The molecule has 0 aromatic carbocycles. The average molecular weight is 517 g/mol. The van der Waals surface area contributed by atoms with E-state index >= 15 is 0 Å². The Balaban J connectivity index is 1.43. The lowest BCUT2D eigenvalue weighted by Crippen LogP contribution is -2.61. The third kappa shape index (κ3) is 4.36. The zero-order valence-corrected chi connectivity index (χ0v) is 20.0. The fraction of sp³-hybridized carbons (Fsp3) is 0.727. The maximum atomic E-state index is 13.9. The highest BCUT2D eigenvalue weighted by Crippen LogP contribution is 2.62. The third-order valence-corrected chi connectivity index (χ3v) is 9.58. The van der Waals surface area contributed by atoms with Crippen molar-refractivity contribution in [3.05, 3.63) is 17.5 Å². The van der Waals surface area contributed by atoms with Crippen molar-refractivity contribution >= 4 is 27.7 Å². The summed E-state index contributed by atoms with van der Waals surface area (Å²) in [5.74, 6) is -1.53. The van der Waals surface area contributed by atoms with Crippen LogP contribution in [0.5, 0.6) is 0 Å². The molecule has 5 fully saturated rings. The molecule has 0 spiro atoms. The molecule has 4 bridgehead atoms. The smallest absolute Gasteiger partial charge is 0.434 e. The molecule has 13 heteroatoms. The Morgan fingerprint density at radius 1 is 1.14 bits per heavy atom. The van der Waals surface area contributed by atoms with Crippen LogP contribution in [0, 0.1) is 17.3 Å². The number of hydrogen-bond acceptors (Lipinski definition) is 8. The molecule has 5 aliphatic rings. The molecule has 1 aliphatic heterocycles. The highest BCUT2D eigenvalue weighted by atomic mass is 32.2. The molecule has 0 radical (unpaired) electrons. The van der Waals surface area contributed by atoms with Crippen molar-refractivity contribution in [3.8, 4) is 0 Å². The molecule has 1 aromatic heterocycles. The van der Waals surface area contributed by atoms with Gasteiger partial charge in [-0.3, -0.25) is 9.59 Å². The topological polar surface area (TPSA) is 119 Å². The number of ether oxygens (including phenoxy) is 1. The first-order valence-corrected chi connectivity index (χ1v) is 13.5. The van der Waals surface area contributed by atoms with Crippen molar-refractivity contribution in [1.29, 1.82) is 0 Å². The van der Waals surface area contributed by atoms with Crippen LogP contribution in [-0.4, -0.2) is 72.4 Å². The van der Waals surface area contributed by atoms with Gasteiger partial charge in [-0.1, -0.05) is 0 Å². The van der Waals surface area contributed by atoms with Crippen LogP contribution in [0.3, 0.4) is 0 Å². The number of sulfone groups is 1. The fourth-order valence-electron chi connectivity index (χ4n) is 7.00. The Morgan fingerprint density at radius 3 is 2.34 bits per heavy atom.